The van der Waals surface area contributed by atoms with Crippen molar-refractivity contribution in [2.75, 3.05) is 20.2 Å². The molecule has 1 aromatic carbocycles. The number of amides is 1. The molecule has 2 N–H and O–H groups in total. The molecule has 1 amide bonds. The highest BCUT2D eigenvalue weighted by molar-refractivity contribution is 9.10. The van der Waals surface area contributed by atoms with Crippen molar-refractivity contribution in [3.05, 3.63) is 91.1 Å². The monoisotopic (exact) mass is 521 g/mol. The molecule has 174 valence electrons. The Balaban J connectivity index is 1.86. The first kappa shape index (κ1) is 24.5. The number of aromatic amines is 1. The molecule has 10 heteroatoms. The number of hydrogen-bond donors (Lipinski definition) is 2. The maximum absolute atomic E-state index is 14.0. The van der Waals surface area contributed by atoms with Crippen LogP contribution in [0.1, 0.15) is 32.9 Å². The quantitative estimate of drug-likeness (QED) is 0.473. The van der Waals surface area contributed by atoms with Gasteiger partial charge in [-0.05, 0) is 47.1 Å². The van der Waals surface area contributed by atoms with Gasteiger partial charge in [0.15, 0.2) is 0 Å². The molecule has 0 aliphatic rings. The summed E-state index contributed by atoms with van der Waals surface area (Å²) in [5.74, 6) is -1.48. The number of ether oxygens (including phenoxy) is 1. The van der Waals surface area contributed by atoms with E-state index < -0.39 is 17.2 Å². The van der Waals surface area contributed by atoms with Gasteiger partial charge in [-0.25, -0.2) is 8.78 Å². The zero-order valence-electron chi connectivity index (χ0n) is 18.0. The Bertz CT molecular complexity index is 1220. The third kappa shape index (κ3) is 5.82. The van der Waals surface area contributed by atoms with Crippen LogP contribution in [0, 0.1) is 18.6 Å². The number of aryl methyl sites for hydroxylation is 1. The van der Waals surface area contributed by atoms with Crippen LogP contribution in [0.3, 0.4) is 0 Å². The van der Waals surface area contributed by atoms with E-state index in [0.717, 1.165) is 12.1 Å². The number of hydrogen-bond acceptors (Lipinski definition) is 5. The predicted octanol–water partition coefficient (Wildman–Crippen LogP) is 3.35. The molecule has 3 aromatic rings. The van der Waals surface area contributed by atoms with Gasteiger partial charge in [0.25, 0.3) is 11.5 Å². The predicted molar refractivity (Wildman–Crippen MR) is 121 cm³/mol. The summed E-state index contributed by atoms with van der Waals surface area (Å²) in [5, 5.41) is 8.99. The van der Waals surface area contributed by atoms with Crippen molar-refractivity contribution < 1.29 is 23.4 Å². The SMILES string of the molecule is Cc1[nH]c(=O)c(Br)c(OCc2ccc(F)cc2F)c1Cc1ccc(C(=O)N(C)CCO)cn1. The van der Waals surface area contributed by atoms with E-state index in [9.17, 15) is 18.4 Å². The molecule has 0 saturated carbocycles. The molecule has 0 atom stereocenters. The molecule has 2 aromatic heterocycles. The highest BCUT2D eigenvalue weighted by atomic mass is 79.9. The molecule has 0 aliphatic heterocycles. The van der Waals surface area contributed by atoms with Crippen molar-refractivity contribution in [3.8, 4) is 5.75 Å². The summed E-state index contributed by atoms with van der Waals surface area (Å²) in [6, 6.07) is 6.49. The minimum absolute atomic E-state index is 0.139. The zero-order valence-corrected chi connectivity index (χ0v) is 19.6. The van der Waals surface area contributed by atoms with Gasteiger partial charge in [0.05, 0.1) is 12.2 Å². The van der Waals surface area contributed by atoms with E-state index in [1.54, 1.807) is 26.1 Å². The fourth-order valence-electron chi connectivity index (χ4n) is 3.17. The molecular weight excluding hydrogens is 500 g/mol. The maximum Gasteiger partial charge on any atom is 0.266 e. The van der Waals surface area contributed by atoms with Gasteiger partial charge in [-0.2, -0.15) is 0 Å². The molecule has 2 heterocycles. The Morgan fingerprint density at radius 2 is 2.03 bits per heavy atom. The second-order valence-electron chi connectivity index (χ2n) is 7.39. The maximum atomic E-state index is 14.0. The Labute approximate surface area is 197 Å². The lowest BCUT2D eigenvalue weighted by atomic mass is 10.1. The lowest BCUT2D eigenvalue weighted by Crippen LogP contribution is -2.29. The number of nitrogens with one attached hydrogen (secondary N) is 1. The second-order valence-corrected chi connectivity index (χ2v) is 8.18. The van der Waals surface area contributed by atoms with Crippen LogP contribution in [-0.2, 0) is 13.0 Å². The summed E-state index contributed by atoms with van der Waals surface area (Å²) in [6.07, 6.45) is 1.71. The van der Waals surface area contributed by atoms with Gasteiger partial charge in [-0.3, -0.25) is 14.6 Å². The Morgan fingerprint density at radius 3 is 2.67 bits per heavy atom. The highest BCUT2D eigenvalue weighted by Crippen LogP contribution is 2.30. The van der Waals surface area contributed by atoms with Crippen LogP contribution in [-0.4, -0.2) is 46.1 Å². The van der Waals surface area contributed by atoms with E-state index >= 15 is 0 Å². The lowest BCUT2D eigenvalue weighted by Gasteiger charge is -2.17. The van der Waals surface area contributed by atoms with Crippen molar-refractivity contribution in [1.82, 2.24) is 14.9 Å². The first-order valence-electron chi connectivity index (χ1n) is 10.0. The minimum atomic E-state index is -0.748. The van der Waals surface area contributed by atoms with Gasteiger partial charge in [0, 0.05) is 54.8 Å². The summed E-state index contributed by atoms with van der Waals surface area (Å²) in [4.78, 5) is 33.0. The van der Waals surface area contributed by atoms with E-state index in [2.05, 4.69) is 25.9 Å². The summed E-state index contributed by atoms with van der Waals surface area (Å²) >= 11 is 3.23. The number of rotatable bonds is 8. The van der Waals surface area contributed by atoms with Crippen LogP contribution in [0.25, 0.3) is 0 Å². The van der Waals surface area contributed by atoms with Crippen LogP contribution in [0.4, 0.5) is 8.78 Å². The number of halogens is 3. The third-order valence-electron chi connectivity index (χ3n) is 5.03. The van der Waals surface area contributed by atoms with E-state index in [-0.39, 0.29) is 47.9 Å². The largest absolute Gasteiger partial charge is 0.487 e. The summed E-state index contributed by atoms with van der Waals surface area (Å²) in [7, 11) is 1.58. The number of aromatic nitrogens is 2. The lowest BCUT2D eigenvalue weighted by molar-refractivity contribution is 0.0766. The standard InChI is InChI=1S/C23H22BrF2N3O4/c1-13-18(10-17-6-4-14(11-27-17)23(32)29(2)7-8-30)21(20(24)22(31)28-13)33-12-15-3-5-16(25)9-19(15)26/h3-6,9,11,30H,7-8,10,12H2,1-2H3,(H,28,31). The summed E-state index contributed by atoms with van der Waals surface area (Å²) < 4.78 is 33.1. The summed E-state index contributed by atoms with van der Waals surface area (Å²) in [5.41, 5.74) is 1.87. The van der Waals surface area contributed by atoms with Gasteiger partial charge in [-0.1, -0.05) is 0 Å². The summed E-state index contributed by atoms with van der Waals surface area (Å²) in [6.45, 7) is 1.56. The smallest absolute Gasteiger partial charge is 0.266 e. The zero-order chi connectivity index (χ0) is 24.1. The minimum Gasteiger partial charge on any atom is -0.487 e. The third-order valence-corrected chi connectivity index (χ3v) is 5.75. The highest BCUT2D eigenvalue weighted by Gasteiger charge is 2.18. The van der Waals surface area contributed by atoms with Gasteiger partial charge in [0.1, 0.15) is 28.5 Å². The van der Waals surface area contributed by atoms with Crippen LogP contribution in [0.5, 0.6) is 5.75 Å². The van der Waals surface area contributed by atoms with E-state index in [4.69, 9.17) is 9.84 Å². The average Bonchev–Trinajstić information content (AvgIpc) is 2.78. The van der Waals surface area contributed by atoms with Crippen LogP contribution >= 0.6 is 15.9 Å². The normalized spacial score (nSPS) is 10.8. The molecule has 7 nitrogen and oxygen atoms in total. The molecule has 0 radical (unpaired) electrons. The molecule has 3 rings (SSSR count). The molecule has 0 bridgehead atoms. The molecule has 0 fully saturated rings. The van der Waals surface area contributed by atoms with Gasteiger partial charge in [0.2, 0.25) is 0 Å². The number of pyridine rings is 2. The number of likely N-dealkylation sites (N-methyl/N-ethyl adjacent to an activating group) is 1. The number of carbonyl (C=O) groups is 1. The van der Waals surface area contributed by atoms with E-state index in [1.807, 2.05) is 0 Å². The van der Waals surface area contributed by atoms with Gasteiger partial charge in [-0.15, -0.1) is 0 Å². The van der Waals surface area contributed by atoms with Crippen molar-refractivity contribution in [3.63, 3.8) is 0 Å². The number of nitrogens with zero attached hydrogens (tertiary/aromatic N) is 2. The van der Waals surface area contributed by atoms with E-state index in [0.29, 0.717) is 22.5 Å². The van der Waals surface area contributed by atoms with Crippen LogP contribution < -0.4 is 10.3 Å². The van der Waals surface area contributed by atoms with Crippen molar-refractivity contribution in [2.24, 2.45) is 0 Å². The average molecular weight is 522 g/mol. The molecule has 0 saturated heterocycles. The van der Waals surface area contributed by atoms with Crippen molar-refractivity contribution in [1.29, 1.82) is 0 Å². The number of benzene rings is 1. The Morgan fingerprint density at radius 1 is 1.27 bits per heavy atom. The number of carbonyl (C=O) groups excluding carboxylic acids is 1. The van der Waals surface area contributed by atoms with Crippen molar-refractivity contribution >= 4 is 21.8 Å². The second kappa shape index (κ2) is 10.7. The topological polar surface area (TPSA) is 95.5 Å². The Kier molecular flexibility index (Phi) is 7.93. The fraction of sp³-hybridized carbons (Fsp3) is 0.261. The van der Waals surface area contributed by atoms with Gasteiger partial charge < -0.3 is 19.7 Å². The first-order chi connectivity index (χ1) is 15.7. The first-order valence-corrected chi connectivity index (χ1v) is 10.8. The molecule has 0 spiro atoms. The number of aliphatic hydroxyl groups is 1. The molecule has 0 aliphatic carbocycles. The van der Waals surface area contributed by atoms with Crippen LogP contribution in [0.2, 0.25) is 0 Å². The number of aliphatic hydroxyl groups excluding tert-OH is 1. The van der Waals surface area contributed by atoms with Gasteiger partial charge >= 0.3 is 0 Å². The fourth-order valence-corrected chi connectivity index (χ4v) is 3.62. The number of H-pyrrole nitrogens is 1. The molecule has 0 unspecified atom stereocenters. The molecule has 33 heavy (non-hydrogen) atoms. The van der Waals surface area contributed by atoms with Crippen LogP contribution in [0.15, 0.2) is 45.8 Å². The van der Waals surface area contributed by atoms with Crippen molar-refractivity contribution in [2.45, 2.75) is 20.0 Å². The van der Waals surface area contributed by atoms with E-state index in [1.165, 1.54) is 17.2 Å². The molecular formula is C23H22BrF2N3O4. The Hall–Kier alpha value is -3.11.